The van der Waals surface area contributed by atoms with Gasteiger partial charge in [-0.1, -0.05) is 36.4 Å². The third-order valence-electron chi connectivity index (χ3n) is 3.52. The predicted octanol–water partition coefficient (Wildman–Crippen LogP) is 3.14. The molecule has 0 aliphatic heterocycles. The molecule has 1 atom stereocenters. The summed E-state index contributed by atoms with van der Waals surface area (Å²) in [6, 6.07) is 9.79. The minimum atomic E-state index is -0.997. The molecule has 0 aliphatic carbocycles. The normalized spacial score (nSPS) is 11.8. The Morgan fingerprint density at radius 3 is 2.17 bits per heavy atom. The van der Waals surface area contributed by atoms with Gasteiger partial charge in [-0.3, -0.25) is 9.59 Å². The van der Waals surface area contributed by atoms with E-state index in [2.05, 4.69) is 6.58 Å². The number of esters is 2. The van der Waals surface area contributed by atoms with Crippen molar-refractivity contribution in [1.82, 2.24) is 0 Å². The van der Waals surface area contributed by atoms with Gasteiger partial charge in [-0.05, 0) is 25.8 Å². The minimum Gasteiger partial charge on any atom is -0.465 e. The molecule has 132 valence electrons. The van der Waals surface area contributed by atoms with E-state index in [-0.39, 0.29) is 19.1 Å². The molecule has 0 N–H and O–H groups in total. The summed E-state index contributed by atoms with van der Waals surface area (Å²) in [5.74, 6) is -2.55. The quantitative estimate of drug-likeness (QED) is 0.269. The molecule has 0 saturated heterocycles. The van der Waals surface area contributed by atoms with Crippen LogP contribution in [-0.2, 0) is 30.4 Å². The smallest absolute Gasteiger partial charge is 0.320 e. The predicted molar refractivity (Wildman–Crippen MR) is 91.2 cm³/mol. The molecule has 0 aromatic heterocycles. The maximum atomic E-state index is 12.1. The highest BCUT2D eigenvalue weighted by molar-refractivity contribution is 5.95. The van der Waals surface area contributed by atoms with Gasteiger partial charge in [0.25, 0.3) is 0 Å². The maximum Gasteiger partial charge on any atom is 0.320 e. The average molecular weight is 334 g/mol. The number of rotatable bonds is 11. The van der Waals surface area contributed by atoms with Crippen LogP contribution in [0.4, 0.5) is 0 Å². The number of allylic oxidation sites excluding steroid dienone is 1. The fourth-order valence-corrected chi connectivity index (χ4v) is 2.31. The summed E-state index contributed by atoms with van der Waals surface area (Å²) >= 11 is 0. The highest BCUT2D eigenvalue weighted by Crippen LogP contribution is 2.21. The molecule has 0 bridgehead atoms. The lowest BCUT2D eigenvalue weighted by Crippen LogP contribution is -2.34. The number of carbonyl (C=O) groups excluding carboxylic acids is 2. The van der Waals surface area contributed by atoms with Gasteiger partial charge in [-0.25, -0.2) is 0 Å². The van der Waals surface area contributed by atoms with Crippen molar-refractivity contribution in [3.05, 3.63) is 48.6 Å². The first kappa shape index (κ1) is 19.9. The van der Waals surface area contributed by atoms with Crippen molar-refractivity contribution in [2.24, 2.45) is 11.8 Å². The molecule has 0 amide bonds. The first-order valence-electron chi connectivity index (χ1n) is 8.21. The second-order valence-corrected chi connectivity index (χ2v) is 5.21. The molecule has 1 rings (SSSR count). The zero-order chi connectivity index (χ0) is 17.8. The maximum absolute atomic E-state index is 12.1. The molecular weight excluding hydrogens is 308 g/mol. The van der Waals surface area contributed by atoms with Crippen LogP contribution in [0.1, 0.15) is 25.8 Å². The monoisotopic (exact) mass is 334 g/mol. The zero-order valence-corrected chi connectivity index (χ0v) is 14.4. The number of ether oxygens (including phenoxy) is 3. The highest BCUT2D eigenvalue weighted by Gasteiger charge is 2.35. The van der Waals surface area contributed by atoms with Gasteiger partial charge in [0.05, 0.1) is 19.8 Å². The van der Waals surface area contributed by atoms with Crippen LogP contribution in [0.3, 0.4) is 0 Å². The van der Waals surface area contributed by atoms with E-state index in [9.17, 15) is 9.59 Å². The summed E-state index contributed by atoms with van der Waals surface area (Å²) in [4.78, 5) is 24.2. The van der Waals surface area contributed by atoms with Gasteiger partial charge < -0.3 is 14.2 Å². The first-order valence-corrected chi connectivity index (χ1v) is 8.21. The first-order chi connectivity index (χ1) is 11.6. The van der Waals surface area contributed by atoms with E-state index in [1.807, 2.05) is 30.3 Å². The van der Waals surface area contributed by atoms with Gasteiger partial charge in [-0.2, -0.15) is 0 Å². The van der Waals surface area contributed by atoms with E-state index in [4.69, 9.17) is 14.2 Å². The number of hydrogen-bond donors (Lipinski definition) is 0. The Labute approximate surface area is 143 Å². The van der Waals surface area contributed by atoms with Crippen molar-refractivity contribution >= 4 is 11.9 Å². The average Bonchev–Trinajstić information content (AvgIpc) is 2.58. The van der Waals surface area contributed by atoms with Crippen molar-refractivity contribution in [2.75, 3.05) is 19.8 Å². The third-order valence-corrected chi connectivity index (χ3v) is 3.52. The molecule has 1 aromatic carbocycles. The number of benzene rings is 1. The van der Waals surface area contributed by atoms with Gasteiger partial charge in [-0.15, -0.1) is 6.58 Å². The molecule has 0 saturated carbocycles. The third kappa shape index (κ3) is 6.54. The van der Waals surface area contributed by atoms with Crippen LogP contribution in [0.15, 0.2) is 43.0 Å². The van der Waals surface area contributed by atoms with Crippen molar-refractivity contribution in [3.63, 3.8) is 0 Å². The van der Waals surface area contributed by atoms with E-state index in [0.29, 0.717) is 19.6 Å². The van der Waals surface area contributed by atoms with Gasteiger partial charge in [0.2, 0.25) is 0 Å². The molecule has 24 heavy (non-hydrogen) atoms. The van der Waals surface area contributed by atoms with E-state index in [1.165, 1.54) is 0 Å². The van der Waals surface area contributed by atoms with Crippen molar-refractivity contribution in [1.29, 1.82) is 0 Å². The Morgan fingerprint density at radius 2 is 1.67 bits per heavy atom. The highest BCUT2D eigenvalue weighted by atomic mass is 16.6. The molecule has 1 aromatic rings. The van der Waals surface area contributed by atoms with Gasteiger partial charge >= 0.3 is 11.9 Å². The van der Waals surface area contributed by atoms with Crippen LogP contribution < -0.4 is 0 Å². The minimum absolute atomic E-state index is 0.211. The largest absolute Gasteiger partial charge is 0.465 e. The molecule has 0 spiro atoms. The summed E-state index contributed by atoms with van der Waals surface area (Å²) in [6.07, 6.45) is 2.07. The summed E-state index contributed by atoms with van der Waals surface area (Å²) in [7, 11) is 0. The Hall–Kier alpha value is -2.14. The molecule has 0 heterocycles. The Kier molecular flexibility index (Phi) is 9.46. The van der Waals surface area contributed by atoms with Crippen LogP contribution in [0.25, 0.3) is 0 Å². The number of carbonyl (C=O) groups is 2. The Morgan fingerprint density at radius 1 is 1.08 bits per heavy atom. The van der Waals surface area contributed by atoms with Crippen molar-refractivity contribution in [2.45, 2.75) is 26.9 Å². The van der Waals surface area contributed by atoms with Gasteiger partial charge in [0, 0.05) is 12.5 Å². The standard InChI is InChI=1S/C19H26O5/c1-4-16(12-13-22-14-15-10-8-7-9-11-15)17(18(20)23-5-2)19(21)24-6-3/h4,7-11,16-17H,1,5-6,12-14H2,2-3H3. The fourth-order valence-electron chi connectivity index (χ4n) is 2.31. The van der Waals surface area contributed by atoms with Crippen LogP contribution in [0.2, 0.25) is 0 Å². The molecule has 0 aliphatic rings. The second kappa shape index (κ2) is 11.4. The summed E-state index contributed by atoms with van der Waals surface area (Å²) in [6.45, 7) is 8.44. The SMILES string of the molecule is C=CC(CCOCc1ccccc1)C(C(=O)OCC)C(=O)OCC. The van der Waals surface area contributed by atoms with Crippen LogP contribution in [0, 0.1) is 11.8 Å². The van der Waals surface area contributed by atoms with E-state index in [1.54, 1.807) is 19.9 Å². The van der Waals surface area contributed by atoms with Gasteiger partial charge in [0.15, 0.2) is 5.92 Å². The molecule has 1 unspecified atom stereocenters. The lowest BCUT2D eigenvalue weighted by Gasteiger charge is -2.21. The summed E-state index contributed by atoms with van der Waals surface area (Å²) in [5.41, 5.74) is 1.07. The molecule has 5 nitrogen and oxygen atoms in total. The van der Waals surface area contributed by atoms with E-state index < -0.39 is 17.9 Å². The van der Waals surface area contributed by atoms with Crippen LogP contribution >= 0.6 is 0 Å². The Balaban J connectivity index is 2.59. The Bertz CT molecular complexity index is 494. The zero-order valence-electron chi connectivity index (χ0n) is 14.4. The van der Waals surface area contributed by atoms with E-state index >= 15 is 0 Å². The molecular formula is C19H26O5. The lowest BCUT2D eigenvalue weighted by molar-refractivity contribution is -0.163. The van der Waals surface area contributed by atoms with Crippen LogP contribution in [0.5, 0.6) is 0 Å². The topological polar surface area (TPSA) is 61.8 Å². The lowest BCUT2D eigenvalue weighted by atomic mass is 9.89. The van der Waals surface area contributed by atoms with Crippen molar-refractivity contribution in [3.8, 4) is 0 Å². The summed E-state index contributed by atoms with van der Waals surface area (Å²) in [5, 5.41) is 0. The second-order valence-electron chi connectivity index (χ2n) is 5.21. The van der Waals surface area contributed by atoms with E-state index in [0.717, 1.165) is 5.56 Å². The van der Waals surface area contributed by atoms with Gasteiger partial charge in [0.1, 0.15) is 0 Å². The molecule has 5 heteroatoms. The fraction of sp³-hybridized carbons (Fsp3) is 0.474. The number of hydrogen-bond acceptors (Lipinski definition) is 5. The summed E-state index contributed by atoms with van der Waals surface area (Å²) < 4.78 is 15.6. The molecule has 0 fully saturated rings. The van der Waals surface area contributed by atoms with Crippen molar-refractivity contribution < 1.29 is 23.8 Å². The van der Waals surface area contributed by atoms with Crippen LogP contribution in [-0.4, -0.2) is 31.8 Å². The molecule has 0 radical (unpaired) electrons.